The molecule has 4 rings (SSSR count). The highest BCUT2D eigenvalue weighted by Gasteiger charge is 2.15. The van der Waals surface area contributed by atoms with Crippen LogP contribution in [0.15, 0.2) is 48.5 Å². The van der Waals surface area contributed by atoms with Crippen molar-refractivity contribution in [3.63, 3.8) is 0 Å². The van der Waals surface area contributed by atoms with Crippen molar-refractivity contribution in [3.8, 4) is 22.5 Å². The Labute approximate surface area is 176 Å². The number of aryl methyl sites for hydroxylation is 1. The molecule has 0 fully saturated rings. The summed E-state index contributed by atoms with van der Waals surface area (Å²) in [4.78, 5) is 4.80. The average molecular weight is 402 g/mol. The number of hydrogen-bond acceptors (Lipinski definition) is 5. The van der Waals surface area contributed by atoms with E-state index in [-0.39, 0.29) is 0 Å². The first kappa shape index (κ1) is 19.9. The minimum Gasteiger partial charge on any atom is -0.245 e. The van der Waals surface area contributed by atoms with E-state index in [1.165, 1.54) is 5.56 Å². The van der Waals surface area contributed by atoms with Gasteiger partial charge >= 0.3 is 0 Å². The second kappa shape index (κ2) is 8.98. The Hall–Kier alpha value is -3.35. The summed E-state index contributed by atoms with van der Waals surface area (Å²) in [6.45, 7) is 7.31. The van der Waals surface area contributed by atoms with E-state index in [1.807, 2.05) is 12.1 Å². The molecule has 0 radical (unpaired) electrons. The number of benzene rings is 2. The third-order valence-corrected chi connectivity index (χ3v) is 5.36. The van der Waals surface area contributed by atoms with Gasteiger partial charge in [-0.25, -0.2) is 9.67 Å². The second-order valence-electron chi connectivity index (χ2n) is 7.62. The highest BCUT2D eigenvalue weighted by molar-refractivity contribution is 5.70. The van der Waals surface area contributed by atoms with Crippen LogP contribution in [0.2, 0.25) is 0 Å². The third-order valence-electron chi connectivity index (χ3n) is 5.36. The van der Waals surface area contributed by atoms with Crippen LogP contribution in [-0.2, 0) is 13.0 Å². The van der Waals surface area contributed by atoms with Gasteiger partial charge in [-0.2, -0.15) is 10.3 Å². The average Bonchev–Trinajstić information content (AvgIpc) is 3.45. The van der Waals surface area contributed by atoms with Crippen LogP contribution >= 0.6 is 0 Å². The number of rotatable bonds is 8. The lowest BCUT2D eigenvalue weighted by molar-refractivity contribution is 0.574. The van der Waals surface area contributed by atoms with Gasteiger partial charge in [-0.05, 0) is 40.8 Å². The summed E-state index contributed by atoms with van der Waals surface area (Å²) in [7, 11) is 0. The minimum absolute atomic E-state index is 0.398. The monoisotopic (exact) mass is 401 g/mol. The molecular weight excluding hydrogens is 374 g/mol. The van der Waals surface area contributed by atoms with Crippen LogP contribution in [0.1, 0.15) is 56.7 Å². The lowest BCUT2D eigenvalue weighted by Gasteiger charge is -2.11. The molecule has 30 heavy (non-hydrogen) atoms. The van der Waals surface area contributed by atoms with Gasteiger partial charge < -0.3 is 0 Å². The number of aromatic amines is 1. The number of hydrogen-bond donors (Lipinski definition) is 1. The van der Waals surface area contributed by atoms with E-state index in [9.17, 15) is 0 Å². The van der Waals surface area contributed by atoms with Crippen molar-refractivity contribution in [1.82, 2.24) is 35.4 Å². The van der Waals surface area contributed by atoms with Gasteiger partial charge in [0.05, 0.1) is 6.54 Å². The summed E-state index contributed by atoms with van der Waals surface area (Å²) in [6.07, 6.45) is 3.04. The molecule has 1 atom stereocenters. The molecule has 2 heterocycles. The number of aromatic nitrogens is 7. The van der Waals surface area contributed by atoms with Crippen LogP contribution in [-0.4, -0.2) is 35.4 Å². The Kier molecular flexibility index (Phi) is 5.97. The molecular formula is C23H27N7. The van der Waals surface area contributed by atoms with Crippen molar-refractivity contribution in [2.45, 2.75) is 52.5 Å². The van der Waals surface area contributed by atoms with Crippen LogP contribution in [0.4, 0.5) is 0 Å². The fraction of sp³-hybridized carbons (Fsp3) is 0.348. The largest absolute Gasteiger partial charge is 0.245 e. The Morgan fingerprint density at radius 3 is 2.50 bits per heavy atom. The zero-order valence-electron chi connectivity index (χ0n) is 17.7. The summed E-state index contributed by atoms with van der Waals surface area (Å²) in [5.74, 6) is 3.02. The van der Waals surface area contributed by atoms with Gasteiger partial charge in [0, 0.05) is 17.9 Å². The van der Waals surface area contributed by atoms with E-state index in [1.54, 1.807) is 0 Å². The third kappa shape index (κ3) is 4.30. The van der Waals surface area contributed by atoms with Crippen molar-refractivity contribution in [3.05, 3.63) is 65.7 Å². The summed E-state index contributed by atoms with van der Waals surface area (Å²) >= 11 is 0. The van der Waals surface area contributed by atoms with Crippen LogP contribution in [0, 0.1) is 0 Å². The van der Waals surface area contributed by atoms with Crippen LogP contribution < -0.4 is 0 Å². The molecule has 0 amide bonds. The van der Waals surface area contributed by atoms with E-state index in [4.69, 9.17) is 10.1 Å². The van der Waals surface area contributed by atoms with E-state index in [2.05, 4.69) is 82.5 Å². The lowest BCUT2D eigenvalue weighted by Crippen LogP contribution is -2.09. The highest BCUT2D eigenvalue weighted by atomic mass is 15.5. The summed E-state index contributed by atoms with van der Waals surface area (Å²) in [5.41, 5.74) is 4.42. The fourth-order valence-electron chi connectivity index (χ4n) is 3.49. The van der Waals surface area contributed by atoms with Crippen molar-refractivity contribution in [1.29, 1.82) is 0 Å². The maximum Gasteiger partial charge on any atom is 0.204 e. The molecule has 2 aromatic heterocycles. The topological polar surface area (TPSA) is 85.2 Å². The molecule has 7 nitrogen and oxygen atoms in total. The molecule has 0 saturated carbocycles. The molecule has 1 unspecified atom stereocenters. The SMILES string of the molecule is CCCc1nc(C(C)CC)n(Cc2ccc(-c3cccc(-c4nn[nH]n4)c3)cc2)n1. The van der Waals surface area contributed by atoms with Gasteiger partial charge in [-0.3, -0.25) is 0 Å². The number of H-pyrrole nitrogens is 1. The molecule has 0 aliphatic carbocycles. The predicted octanol–water partition coefficient (Wildman–Crippen LogP) is 4.64. The van der Waals surface area contributed by atoms with Gasteiger partial charge in [0.25, 0.3) is 0 Å². The van der Waals surface area contributed by atoms with E-state index in [0.29, 0.717) is 11.7 Å². The first-order valence-electron chi connectivity index (χ1n) is 10.5. The Morgan fingerprint density at radius 1 is 1.00 bits per heavy atom. The first-order valence-corrected chi connectivity index (χ1v) is 10.5. The van der Waals surface area contributed by atoms with Gasteiger partial charge in [-0.15, -0.1) is 10.2 Å². The maximum atomic E-state index is 4.80. The molecule has 0 aliphatic heterocycles. The summed E-state index contributed by atoms with van der Waals surface area (Å²) in [6, 6.07) is 16.8. The van der Waals surface area contributed by atoms with Gasteiger partial charge in [0.2, 0.25) is 5.82 Å². The fourth-order valence-corrected chi connectivity index (χ4v) is 3.49. The van der Waals surface area contributed by atoms with Crippen molar-refractivity contribution in [2.24, 2.45) is 0 Å². The Bertz CT molecular complexity index is 1080. The zero-order valence-corrected chi connectivity index (χ0v) is 17.7. The Balaban J connectivity index is 1.56. The number of nitrogens with one attached hydrogen (secondary N) is 1. The first-order chi connectivity index (χ1) is 14.7. The van der Waals surface area contributed by atoms with Crippen molar-refractivity contribution >= 4 is 0 Å². The van der Waals surface area contributed by atoms with Crippen LogP contribution in [0.25, 0.3) is 22.5 Å². The Morgan fingerprint density at radius 2 is 1.80 bits per heavy atom. The van der Waals surface area contributed by atoms with E-state index >= 15 is 0 Å². The molecule has 1 N–H and O–H groups in total. The van der Waals surface area contributed by atoms with Crippen LogP contribution in [0.3, 0.4) is 0 Å². The molecule has 154 valence electrons. The molecule has 0 aliphatic rings. The van der Waals surface area contributed by atoms with E-state index < -0.39 is 0 Å². The molecule has 2 aromatic carbocycles. The van der Waals surface area contributed by atoms with Gasteiger partial charge in [-0.1, -0.05) is 63.2 Å². The van der Waals surface area contributed by atoms with E-state index in [0.717, 1.165) is 54.1 Å². The molecule has 0 bridgehead atoms. The second-order valence-corrected chi connectivity index (χ2v) is 7.62. The van der Waals surface area contributed by atoms with Crippen molar-refractivity contribution in [2.75, 3.05) is 0 Å². The predicted molar refractivity (Wildman–Crippen MR) is 117 cm³/mol. The molecule has 4 aromatic rings. The maximum absolute atomic E-state index is 4.80. The van der Waals surface area contributed by atoms with Crippen LogP contribution in [0.5, 0.6) is 0 Å². The number of nitrogens with zero attached hydrogens (tertiary/aromatic N) is 6. The minimum atomic E-state index is 0.398. The summed E-state index contributed by atoms with van der Waals surface area (Å²) < 4.78 is 2.07. The summed E-state index contributed by atoms with van der Waals surface area (Å²) in [5, 5.41) is 19.0. The molecule has 7 heteroatoms. The van der Waals surface area contributed by atoms with Crippen molar-refractivity contribution < 1.29 is 0 Å². The van der Waals surface area contributed by atoms with Gasteiger partial charge in [0.1, 0.15) is 5.82 Å². The highest BCUT2D eigenvalue weighted by Crippen LogP contribution is 2.25. The van der Waals surface area contributed by atoms with Gasteiger partial charge in [0.15, 0.2) is 5.82 Å². The molecule has 0 spiro atoms. The zero-order chi connectivity index (χ0) is 20.9. The normalized spacial score (nSPS) is 12.2. The quantitative estimate of drug-likeness (QED) is 0.465. The lowest BCUT2D eigenvalue weighted by atomic mass is 10.0. The standard InChI is InChI=1S/C23H27N7/c1-4-7-21-24-23(16(3)5-2)30(27-21)15-17-10-12-18(13-11-17)19-8-6-9-20(14-19)22-25-28-29-26-22/h6,8-14,16H,4-5,7,15H2,1-3H3,(H,25,26,28,29). The smallest absolute Gasteiger partial charge is 0.204 e. The molecule has 0 saturated heterocycles. The number of tetrazole rings is 1.